The number of carbonyl (C=O) groups excluding carboxylic acids is 2. The number of halogens is 3. The van der Waals surface area contributed by atoms with Gasteiger partial charge in [-0.3, -0.25) is 9.59 Å². The summed E-state index contributed by atoms with van der Waals surface area (Å²) in [6.45, 7) is 6.01. The van der Waals surface area contributed by atoms with Crippen LogP contribution < -0.4 is 5.32 Å². The molecule has 2 amide bonds. The first kappa shape index (κ1) is 27.1. The van der Waals surface area contributed by atoms with E-state index in [4.69, 9.17) is 34.8 Å². The maximum absolute atomic E-state index is 13.8. The van der Waals surface area contributed by atoms with Crippen LogP contribution in [0.4, 0.5) is 0 Å². The second kappa shape index (κ2) is 11.9. The quantitative estimate of drug-likeness (QED) is 0.350. The molecule has 0 saturated carbocycles. The van der Waals surface area contributed by atoms with Crippen LogP contribution in [0, 0.1) is 0 Å². The van der Waals surface area contributed by atoms with Crippen LogP contribution in [-0.4, -0.2) is 28.3 Å². The highest BCUT2D eigenvalue weighted by Crippen LogP contribution is 2.24. The summed E-state index contributed by atoms with van der Waals surface area (Å²) in [5.41, 5.74) is 2.02. The van der Waals surface area contributed by atoms with Gasteiger partial charge < -0.3 is 10.2 Å². The van der Waals surface area contributed by atoms with Crippen molar-refractivity contribution < 1.29 is 9.59 Å². The molecule has 4 nitrogen and oxygen atoms in total. The Morgan fingerprint density at radius 2 is 1.49 bits per heavy atom. The van der Waals surface area contributed by atoms with Crippen molar-refractivity contribution in [2.75, 3.05) is 0 Å². The molecule has 0 unspecified atom stereocenters. The van der Waals surface area contributed by atoms with E-state index in [2.05, 4.69) is 5.32 Å². The van der Waals surface area contributed by atoms with Gasteiger partial charge in [-0.05, 0) is 61.7 Å². The monoisotopic (exact) mass is 530 g/mol. The number of carbonyl (C=O) groups is 2. The topological polar surface area (TPSA) is 49.4 Å². The molecule has 0 aliphatic carbocycles. The van der Waals surface area contributed by atoms with Gasteiger partial charge in [-0.1, -0.05) is 83.3 Å². The summed E-state index contributed by atoms with van der Waals surface area (Å²) in [6.07, 6.45) is 0.411. The van der Waals surface area contributed by atoms with Crippen molar-refractivity contribution >= 4 is 46.6 Å². The fraction of sp³-hybridized carbons (Fsp3) is 0.286. The molecule has 0 radical (unpaired) electrons. The highest BCUT2D eigenvalue weighted by Gasteiger charge is 2.32. The van der Waals surface area contributed by atoms with Crippen molar-refractivity contribution in [1.82, 2.24) is 10.2 Å². The van der Waals surface area contributed by atoms with Crippen LogP contribution in [0.2, 0.25) is 15.1 Å². The normalized spacial score (nSPS) is 12.2. The number of amides is 2. The molecule has 3 rings (SSSR count). The van der Waals surface area contributed by atoms with Gasteiger partial charge in [0.1, 0.15) is 6.04 Å². The van der Waals surface area contributed by atoms with Gasteiger partial charge in [0, 0.05) is 33.6 Å². The van der Waals surface area contributed by atoms with Crippen LogP contribution >= 0.6 is 34.8 Å². The minimum absolute atomic E-state index is 0.0394. The maximum Gasteiger partial charge on any atom is 0.243 e. The lowest BCUT2D eigenvalue weighted by molar-refractivity contribution is -0.141. The lowest BCUT2D eigenvalue weighted by Gasteiger charge is -2.34. The molecule has 0 heterocycles. The number of benzene rings is 3. The van der Waals surface area contributed by atoms with Crippen LogP contribution in [0.25, 0.3) is 0 Å². The zero-order valence-electron chi connectivity index (χ0n) is 20.0. The van der Waals surface area contributed by atoms with Crippen LogP contribution in [0.1, 0.15) is 37.5 Å². The molecule has 0 aliphatic rings. The van der Waals surface area contributed by atoms with Crippen LogP contribution in [0.5, 0.6) is 0 Å². The standard InChI is InChI=1S/C28H29Cl3N2O2/c1-28(2,3)32-27(35)25(15-19-7-5-4-6-8-19)33(18-20-9-12-22(29)13-10-20)26(34)16-21-11-14-23(30)17-24(21)31/h4-14,17,25H,15-16,18H2,1-3H3,(H,32,35)/t25-/m0/s1. The van der Waals surface area contributed by atoms with E-state index in [9.17, 15) is 9.59 Å². The summed E-state index contributed by atoms with van der Waals surface area (Å²) < 4.78 is 0. The van der Waals surface area contributed by atoms with Gasteiger partial charge in [-0.2, -0.15) is 0 Å². The van der Waals surface area contributed by atoms with Crippen molar-refractivity contribution in [1.29, 1.82) is 0 Å². The third-order valence-corrected chi connectivity index (χ3v) is 6.23. The molecule has 0 fully saturated rings. The number of rotatable bonds is 8. The average molecular weight is 532 g/mol. The number of nitrogens with zero attached hydrogens (tertiary/aromatic N) is 1. The van der Waals surface area contributed by atoms with E-state index >= 15 is 0 Å². The number of nitrogens with one attached hydrogen (secondary N) is 1. The molecule has 184 valence electrons. The van der Waals surface area contributed by atoms with Gasteiger partial charge in [0.2, 0.25) is 11.8 Å². The third-order valence-electron chi connectivity index (χ3n) is 5.39. The van der Waals surface area contributed by atoms with Crippen molar-refractivity contribution in [3.8, 4) is 0 Å². The fourth-order valence-electron chi connectivity index (χ4n) is 3.72. The molecular weight excluding hydrogens is 503 g/mol. The lowest BCUT2D eigenvalue weighted by atomic mass is 10.00. The molecular formula is C28H29Cl3N2O2. The first-order chi connectivity index (χ1) is 16.5. The molecule has 3 aromatic carbocycles. The Balaban J connectivity index is 2.00. The summed E-state index contributed by atoms with van der Waals surface area (Å²) in [5, 5.41) is 4.57. The van der Waals surface area contributed by atoms with Crippen LogP contribution in [-0.2, 0) is 29.0 Å². The Hall–Kier alpha value is -2.53. The van der Waals surface area contributed by atoms with E-state index in [1.807, 2.05) is 63.2 Å². The van der Waals surface area contributed by atoms with Gasteiger partial charge in [-0.15, -0.1) is 0 Å². The molecule has 0 aromatic heterocycles. The van der Waals surface area contributed by atoms with Gasteiger partial charge in [0.05, 0.1) is 6.42 Å². The minimum atomic E-state index is -0.731. The minimum Gasteiger partial charge on any atom is -0.350 e. The summed E-state index contributed by atoms with van der Waals surface area (Å²) >= 11 is 18.5. The predicted octanol–water partition coefficient (Wildman–Crippen LogP) is 6.74. The molecule has 0 bridgehead atoms. The molecule has 1 atom stereocenters. The van der Waals surface area contributed by atoms with Crippen molar-refractivity contribution in [3.05, 3.63) is 105 Å². The van der Waals surface area contributed by atoms with E-state index in [0.717, 1.165) is 11.1 Å². The second-order valence-electron chi connectivity index (χ2n) is 9.51. The van der Waals surface area contributed by atoms with Crippen LogP contribution in [0.15, 0.2) is 72.8 Å². The summed E-state index contributed by atoms with van der Waals surface area (Å²) in [6, 6.07) is 21.3. The van der Waals surface area contributed by atoms with E-state index in [1.54, 1.807) is 35.2 Å². The summed E-state index contributed by atoms with van der Waals surface area (Å²) in [4.78, 5) is 28.9. The summed E-state index contributed by atoms with van der Waals surface area (Å²) in [5.74, 6) is -0.431. The third kappa shape index (κ3) is 8.28. The Morgan fingerprint density at radius 3 is 2.09 bits per heavy atom. The molecule has 3 aromatic rings. The van der Waals surface area contributed by atoms with Crippen LogP contribution in [0.3, 0.4) is 0 Å². The van der Waals surface area contributed by atoms with Gasteiger partial charge >= 0.3 is 0 Å². The maximum atomic E-state index is 13.8. The molecule has 7 heteroatoms. The SMILES string of the molecule is CC(C)(C)NC(=O)[C@H](Cc1ccccc1)N(Cc1ccc(Cl)cc1)C(=O)Cc1ccc(Cl)cc1Cl. The molecule has 1 N–H and O–H groups in total. The average Bonchev–Trinajstić information content (AvgIpc) is 2.78. The van der Waals surface area contributed by atoms with E-state index < -0.39 is 11.6 Å². The zero-order valence-corrected chi connectivity index (χ0v) is 22.3. The molecule has 0 saturated heterocycles. The Bertz CT molecular complexity index is 1160. The van der Waals surface area contributed by atoms with Gasteiger partial charge in [-0.25, -0.2) is 0 Å². The van der Waals surface area contributed by atoms with Crippen molar-refractivity contribution in [2.24, 2.45) is 0 Å². The summed E-state index contributed by atoms with van der Waals surface area (Å²) in [7, 11) is 0. The van der Waals surface area contributed by atoms with Gasteiger partial charge in [0.15, 0.2) is 0 Å². The largest absolute Gasteiger partial charge is 0.350 e. The molecule has 0 spiro atoms. The van der Waals surface area contributed by atoms with E-state index in [1.165, 1.54) is 0 Å². The Morgan fingerprint density at radius 1 is 0.857 bits per heavy atom. The highest BCUT2D eigenvalue weighted by atomic mass is 35.5. The highest BCUT2D eigenvalue weighted by molar-refractivity contribution is 6.35. The first-order valence-electron chi connectivity index (χ1n) is 11.4. The van der Waals surface area contributed by atoms with Crippen molar-refractivity contribution in [3.63, 3.8) is 0 Å². The predicted molar refractivity (Wildman–Crippen MR) is 144 cm³/mol. The second-order valence-corrected chi connectivity index (χ2v) is 10.8. The fourth-order valence-corrected chi connectivity index (χ4v) is 4.32. The first-order valence-corrected chi connectivity index (χ1v) is 12.5. The zero-order chi connectivity index (χ0) is 25.6. The van der Waals surface area contributed by atoms with E-state index in [-0.39, 0.29) is 24.8 Å². The Labute approximate surface area is 222 Å². The number of hydrogen-bond donors (Lipinski definition) is 1. The van der Waals surface area contributed by atoms with Crippen molar-refractivity contribution in [2.45, 2.75) is 51.7 Å². The molecule has 0 aliphatic heterocycles. The number of hydrogen-bond acceptors (Lipinski definition) is 2. The smallest absolute Gasteiger partial charge is 0.243 e. The lowest BCUT2D eigenvalue weighted by Crippen LogP contribution is -2.54. The Kier molecular flexibility index (Phi) is 9.23. The van der Waals surface area contributed by atoms with E-state index in [0.29, 0.717) is 27.1 Å². The molecule has 35 heavy (non-hydrogen) atoms. The van der Waals surface area contributed by atoms with Gasteiger partial charge in [0.25, 0.3) is 0 Å².